The van der Waals surface area contributed by atoms with Crippen LogP contribution in [-0.2, 0) is 5.41 Å². The molecule has 0 N–H and O–H groups in total. The molecule has 8 aromatic carbocycles. The van der Waals surface area contributed by atoms with Gasteiger partial charge in [0.1, 0.15) is 0 Å². The minimum Gasteiger partial charge on any atom is -0.254 e. The Kier molecular flexibility index (Phi) is 7.45. The zero-order chi connectivity index (χ0) is 38.9. The van der Waals surface area contributed by atoms with Crippen molar-refractivity contribution in [1.29, 1.82) is 0 Å². The number of pyridine rings is 3. The maximum atomic E-state index is 5.43. The molecule has 0 bridgehead atoms. The van der Waals surface area contributed by atoms with Crippen LogP contribution in [0.15, 0.2) is 212 Å². The average Bonchev–Trinajstić information content (AvgIpc) is 3.61. The maximum absolute atomic E-state index is 5.43. The first-order chi connectivity index (χ1) is 29.2. The Labute approximate surface area is 342 Å². The van der Waals surface area contributed by atoms with Crippen LogP contribution in [0.2, 0.25) is 0 Å². The van der Waals surface area contributed by atoms with Gasteiger partial charge in [-0.2, -0.15) is 0 Å². The van der Waals surface area contributed by atoms with Crippen molar-refractivity contribution in [3.8, 4) is 44.8 Å². The molecule has 0 unspecified atom stereocenters. The number of rotatable bonds is 5. The first-order valence-corrected chi connectivity index (χ1v) is 20.2. The Balaban J connectivity index is 1.02. The van der Waals surface area contributed by atoms with Gasteiger partial charge in [0.05, 0.1) is 33.4 Å². The minimum atomic E-state index is -0.480. The Hall–Kier alpha value is -7.75. The van der Waals surface area contributed by atoms with Crippen molar-refractivity contribution in [3.63, 3.8) is 0 Å². The van der Waals surface area contributed by atoms with Crippen molar-refractivity contribution < 1.29 is 0 Å². The molecule has 0 aliphatic heterocycles. The molecule has 11 aromatic rings. The molecular weight excluding hydrogens is 715 g/mol. The number of para-hydroxylation sites is 1. The Bertz CT molecular complexity index is 3390. The fourth-order valence-corrected chi connectivity index (χ4v) is 9.67. The standard InChI is InChI=1S/C56H35N3/c1-3-16-42(17-4-1)56(43-18-5-2-6-19-43)49-22-9-7-20-44(49)47-34-48-46(35-50(47)56)45-21-8-10-23-52(45)59-53(48)41-14-11-13-40(33-41)36-24-26-37(27-25-36)51-31-30-39-29-28-38-15-12-32-57-54(38)55(39)58-51/h1-35H. The van der Waals surface area contributed by atoms with Gasteiger partial charge < -0.3 is 0 Å². The molecule has 0 amide bonds. The van der Waals surface area contributed by atoms with E-state index in [2.05, 4.69) is 205 Å². The van der Waals surface area contributed by atoms with Gasteiger partial charge in [-0.05, 0) is 86.3 Å². The fraction of sp³-hybridized carbons (Fsp3) is 0.0179. The van der Waals surface area contributed by atoms with Crippen molar-refractivity contribution in [2.75, 3.05) is 0 Å². The van der Waals surface area contributed by atoms with Crippen molar-refractivity contribution in [1.82, 2.24) is 15.0 Å². The van der Waals surface area contributed by atoms with Crippen LogP contribution in [0.3, 0.4) is 0 Å². The van der Waals surface area contributed by atoms with Gasteiger partial charge in [-0.1, -0.05) is 170 Å². The molecule has 0 saturated heterocycles. The largest absolute Gasteiger partial charge is 0.254 e. The minimum absolute atomic E-state index is 0.480. The van der Waals surface area contributed by atoms with Gasteiger partial charge in [0.15, 0.2) is 0 Å². The van der Waals surface area contributed by atoms with Crippen molar-refractivity contribution in [3.05, 3.63) is 235 Å². The Morgan fingerprint density at radius 2 is 1.03 bits per heavy atom. The quantitative estimate of drug-likeness (QED) is 0.165. The monoisotopic (exact) mass is 749 g/mol. The highest BCUT2D eigenvalue weighted by Gasteiger charge is 2.46. The van der Waals surface area contributed by atoms with Gasteiger partial charge in [-0.15, -0.1) is 0 Å². The summed E-state index contributed by atoms with van der Waals surface area (Å²) in [5.41, 5.74) is 16.3. The van der Waals surface area contributed by atoms with Gasteiger partial charge in [-0.25, -0.2) is 9.97 Å². The molecule has 0 fully saturated rings. The van der Waals surface area contributed by atoms with Crippen LogP contribution in [0.4, 0.5) is 0 Å². The number of benzene rings is 8. The molecule has 0 spiro atoms. The van der Waals surface area contributed by atoms with Crippen LogP contribution < -0.4 is 0 Å². The number of hydrogen-bond donors (Lipinski definition) is 0. The van der Waals surface area contributed by atoms with Crippen molar-refractivity contribution in [2.24, 2.45) is 0 Å². The highest BCUT2D eigenvalue weighted by molar-refractivity contribution is 6.13. The lowest BCUT2D eigenvalue weighted by atomic mass is 9.67. The highest BCUT2D eigenvalue weighted by atomic mass is 14.8. The summed E-state index contributed by atoms with van der Waals surface area (Å²) in [6.07, 6.45) is 1.84. The summed E-state index contributed by atoms with van der Waals surface area (Å²) in [6.45, 7) is 0. The summed E-state index contributed by atoms with van der Waals surface area (Å²) in [5, 5.41) is 5.68. The first-order valence-electron chi connectivity index (χ1n) is 20.2. The van der Waals surface area contributed by atoms with Gasteiger partial charge >= 0.3 is 0 Å². The van der Waals surface area contributed by atoms with Crippen LogP contribution >= 0.6 is 0 Å². The van der Waals surface area contributed by atoms with E-state index in [0.29, 0.717) is 0 Å². The molecule has 3 heteroatoms. The molecule has 0 radical (unpaired) electrons. The molecule has 12 rings (SSSR count). The molecule has 3 aromatic heterocycles. The van der Waals surface area contributed by atoms with Crippen molar-refractivity contribution in [2.45, 2.75) is 5.41 Å². The van der Waals surface area contributed by atoms with Gasteiger partial charge in [-0.3, -0.25) is 4.98 Å². The molecule has 59 heavy (non-hydrogen) atoms. The third kappa shape index (κ3) is 5.11. The molecule has 1 aliphatic rings. The number of fused-ring (bicyclic) bond motifs is 9. The highest BCUT2D eigenvalue weighted by Crippen LogP contribution is 2.57. The lowest BCUT2D eigenvalue weighted by molar-refractivity contribution is 0.769. The lowest BCUT2D eigenvalue weighted by Crippen LogP contribution is -2.28. The predicted octanol–water partition coefficient (Wildman–Crippen LogP) is 13.8. The van der Waals surface area contributed by atoms with Gasteiger partial charge in [0.2, 0.25) is 0 Å². The second-order valence-corrected chi connectivity index (χ2v) is 15.5. The summed E-state index contributed by atoms with van der Waals surface area (Å²) in [5.74, 6) is 0. The van der Waals surface area contributed by atoms with E-state index in [4.69, 9.17) is 9.97 Å². The van der Waals surface area contributed by atoms with Gasteiger partial charge in [0.25, 0.3) is 0 Å². The molecule has 1 aliphatic carbocycles. The maximum Gasteiger partial charge on any atom is 0.0972 e. The van der Waals surface area contributed by atoms with Crippen LogP contribution in [0.25, 0.3) is 88.2 Å². The summed E-state index contributed by atoms with van der Waals surface area (Å²) in [7, 11) is 0. The predicted molar refractivity (Wildman–Crippen MR) is 243 cm³/mol. The van der Waals surface area contributed by atoms with Crippen LogP contribution in [0, 0.1) is 0 Å². The molecule has 3 heterocycles. The van der Waals surface area contributed by atoms with E-state index >= 15 is 0 Å². The molecule has 274 valence electrons. The van der Waals surface area contributed by atoms with E-state index in [0.717, 1.165) is 71.7 Å². The van der Waals surface area contributed by atoms with E-state index in [-0.39, 0.29) is 0 Å². The zero-order valence-corrected chi connectivity index (χ0v) is 32.0. The summed E-state index contributed by atoms with van der Waals surface area (Å²) in [6, 6.07) is 74.6. The summed E-state index contributed by atoms with van der Waals surface area (Å²) in [4.78, 5) is 15.2. The third-order valence-electron chi connectivity index (χ3n) is 12.4. The number of nitrogens with zero attached hydrogens (tertiary/aromatic N) is 3. The second-order valence-electron chi connectivity index (χ2n) is 15.5. The normalized spacial score (nSPS) is 12.9. The Morgan fingerprint density at radius 3 is 1.85 bits per heavy atom. The summed E-state index contributed by atoms with van der Waals surface area (Å²) < 4.78 is 0. The van der Waals surface area contributed by atoms with Crippen LogP contribution in [0.1, 0.15) is 22.3 Å². The van der Waals surface area contributed by atoms with Crippen LogP contribution in [0.5, 0.6) is 0 Å². The first kappa shape index (κ1) is 33.4. The topological polar surface area (TPSA) is 38.7 Å². The van der Waals surface area contributed by atoms with E-state index < -0.39 is 5.41 Å². The van der Waals surface area contributed by atoms with E-state index in [9.17, 15) is 0 Å². The SMILES string of the molecule is c1ccc(C2(c3ccccc3)c3ccccc3-c3cc4c(-c5cccc(-c6ccc(-c7ccc8ccc9cccnc9c8n7)cc6)c5)nc5ccccc5c4cc32)cc1. The molecule has 0 saturated carbocycles. The van der Waals surface area contributed by atoms with E-state index in [1.165, 1.54) is 38.8 Å². The van der Waals surface area contributed by atoms with E-state index in [1.807, 2.05) is 12.3 Å². The lowest BCUT2D eigenvalue weighted by Gasteiger charge is -2.34. The Morgan fingerprint density at radius 1 is 0.356 bits per heavy atom. The fourth-order valence-electron chi connectivity index (χ4n) is 9.67. The third-order valence-corrected chi connectivity index (χ3v) is 12.4. The molecular formula is C56H35N3. The smallest absolute Gasteiger partial charge is 0.0972 e. The second kappa shape index (κ2) is 13.2. The molecule has 3 nitrogen and oxygen atoms in total. The van der Waals surface area contributed by atoms with Crippen molar-refractivity contribution >= 4 is 43.5 Å². The molecule has 0 atom stereocenters. The number of aromatic nitrogens is 3. The van der Waals surface area contributed by atoms with E-state index in [1.54, 1.807) is 0 Å². The average molecular weight is 750 g/mol. The number of hydrogen-bond acceptors (Lipinski definition) is 3. The van der Waals surface area contributed by atoms with Gasteiger partial charge in [0, 0.05) is 38.9 Å². The zero-order valence-electron chi connectivity index (χ0n) is 32.0. The summed E-state index contributed by atoms with van der Waals surface area (Å²) >= 11 is 0. The van der Waals surface area contributed by atoms with Crippen LogP contribution in [-0.4, -0.2) is 15.0 Å².